The van der Waals surface area contributed by atoms with Gasteiger partial charge in [-0.15, -0.1) is 0 Å². The molecule has 2 bridgehead atoms. The molecule has 5 heterocycles. The van der Waals surface area contributed by atoms with E-state index in [1.165, 1.54) is 6.42 Å². The predicted octanol–water partition coefficient (Wildman–Crippen LogP) is 3.78. The summed E-state index contributed by atoms with van der Waals surface area (Å²) < 4.78 is 5.55. The van der Waals surface area contributed by atoms with Crippen LogP contribution in [0.3, 0.4) is 0 Å². The number of nitrogens with zero attached hydrogens (tertiary/aromatic N) is 3. The summed E-state index contributed by atoms with van der Waals surface area (Å²) in [5, 5.41) is 3.21. The normalized spacial score (nSPS) is 26.1. The fourth-order valence-electron chi connectivity index (χ4n) is 5.04. The molecular weight excluding hydrogens is 364 g/mol. The van der Waals surface area contributed by atoms with Crippen molar-refractivity contribution in [3.8, 4) is 11.5 Å². The summed E-state index contributed by atoms with van der Waals surface area (Å²) in [7, 11) is 0. The van der Waals surface area contributed by atoms with Crippen molar-refractivity contribution in [2.24, 2.45) is 11.8 Å². The van der Waals surface area contributed by atoms with Gasteiger partial charge in [-0.05, 0) is 63.3 Å². The van der Waals surface area contributed by atoms with E-state index in [1.807, 2.05) is 19.1 Å². The second-order valence-corrected chi connectivity index (χ2v) is 8.50. The minimum absolute atomic E-state index is 0.141. The average molecular weight is 397 g/mol. The molecular formula is C23H32N4O2. The van der Waals surface area contributed by atoms with Gasteiger partial charge in [0.25, 0.3) is 0 Å². The van der Waals surface area contributed by atoms with Crippen molar-refractivity contribution in [2.75, 3.05) is 19.6 Å². The minimum Gasteiger partial charge on any atom is -0.463 e. The number of furan rings is 1. The zero-order chi connectivity index (χ0) is 20.4. The Balaban J connectivity index is 1.44. The van der Waals surface area contributed by atoms with E-state index in [9.17, 15) is 4.79 Å². The van der Waals surface area contributed by atoms with Crippen LogP contribution in [0.4, 0.5) is 0 Å². The van der Waals surface area contributed by atoms with Gasteiger partial charge in [-0.2, -0.15) is 0 Å². The van der Waals surface area contributed by atoms with Gasteiger partial charge >= 0.3 is 0 Å². The zero-order valence-electron chi connectivity index (χ0n) is 17.7. The smallest absolute Gasteiger partial charge is 0.223 e. The molecule has 6 heteroatoms. The molecule has 0 aliphatic carbocycles. The number of hydrogen-bond donors (Lipinski definition) is 1. The Kier molecular flexibility index (Phi) is 5.99. The third kappa shape index (κ3) is 4.22. The van der Waals surface area contributed by atoms with E-state index in [2.05, 4.69) is 35.1 Å². The lowest BCUT2D eigenvalue weighted by atomic mass is 9.74. The number of aryl methyl sites for hydroxylation is 1. The van der Waals surface area contributed by atoms with E-state index < -0.39 is 0 Å². The Bertz CT molecular complexity index is 831. The zero-order valence-corrected chi connectivity index (χ0v) is 17.7. The Hall–Kier alpha value is -2.21. The number of hydrogen-bond acceptors (Lipinski definition) is 5. The monoisotopic (exact) mass is 396 g/mol. The summed E-state index contributed by atoms with van der Waals surface area (Å²) in [6.07, 6.45) is 5.81. The molecule has 1 N–H and O–H groups in total. The van der Waals surface area contributed by atoms with E-state index in [1.54, 1.807) is 6.26 Å². The summed E-state index contributed by atoms with van der Waals surface area (Å²) in [4.78, 5) is 24.3. The first kappa shape index (κ1) is 20.1. The summed E-state index contributed by atoms with van der Waals surface area (Å²) in [5.41, 5.74) is 1.99. The molecule has 5 rings (SSSR count). The van der Waals surface area contributed by atoms with Gasteiger partial charge in [0.1, 0.15) is 11.5 Å². The highest BCUT2D eigenvalue weighted by atomic mass is 16.3. The molecule has 6 nitrogen and oxygen atoms in total. The second kappa shape index (κ2) is 8.66. The van der Waals surface area contributed by atoms with Crippen molar-refractivity contribution in [3.05, 3.63) is 36.0 Å². The molecule has 3 saturated heterocycles. The average Bonchev–Trinajstić information content (AvgIpc) is 3.28. The largest absolute Gasteiger partial charge is 0.463 e. The molecule has 1 unspecified atom stereocenters. The van der Waals surface area contributed by atoms with Crippen LogP contribution in [0.1, 0.15) is 57.0 Å². The second-order valence-electron chi connectivity index (χ2n) is 8.50. The van der Waals surface area contributed by atoms with E-state index in [4.69, 9.17) is 9.40 Å². The first-order valence-electron chi connectivity index (χ1n) is 11.0. The van der Waals surface area contributed by atoms with Gasteiger partial charge in [-0.3, -0.25) is 9.69 Å². The van der Waals surface area contributed by atoms with Crippen molar-refractivity contribution >= 4 is 5.91 Å². The number of amides is 1. The molecule has 29 heavy (non-hydrogen) atoms. The highest BCUT2D eigenvalue weighted by Crippen LogP contribution is 2.41. The molecule has 3 fully saturated rings. The third-order valence-electron chi connectivity index (χ3n) is 6.76. The Morgan fingerprint density at radius 3 is 2.83 bits per heavy atom. The molecule has 0 saturated carbocycles. The molecule has 156 valence electrons. The predicted molar refractivity (Wildman–Crippen MR) is 112 cm³/mol. The van der Waals surface area contributed by atoms with E-state index >= 15 is 0 Å². The van der Waals surface area contributed by atoms with Crippen molar-refractivity contribution < 1.29 is 9.21 Å². The van der Waals surface area contributed by atoms with Crippen molar-refractivity contribution in [1.29, 1.82) is 0 Å². The lowest BCUT2D eigenvalue weighted by Crippen LogP contribution is -2.56. The first-order chi connectivity index (χ1) is 14.1. The number of carbonyl (C=O) groups is 1. The molecule has 1 amide bonds. The van der Waals surface area contributed by atoms with Crippen LogP contribution < -0.4 is 5.32 Å². The highest BCUT2D eigenvalue weighted by molar-refractivity contribution is 5.78. The molecule has 3 aliphatic heterocycles. The quantitative estimate of drug-likeness (QED) is 0.771. The maximum atomic E-state index is 12.4. The van der Waals surface area contributed by atoms with E-state index in [-0.39, 0.29) is 11.8 Å². The molecule has 4 atom stereocenters. The number of aromatic nitrogens is 2. The Morgan fingerprint density at radius 2 is 2.17 bits per heavy atom. The fraction of sp³-hybridized carbons (Fsp3) is 0.609. The lowest BCUT2D eigenvalue weighted by Gasteiger charge is -2.49. The summed E-state index contributed by atoms with van der Waals surface area (Å²) in [5.74, 6) is 2.96. The van der Waals surface area contributed by atoms with Crippen LogP contribution >= 0.6 is 0 Å². The number of piperidine rings is 3. The van der Waals surface area contributed by atoms with Crippen molar-refractivity contribution in [1.82, 2.24) is 20.2 Å². The van der Waals surface area contributed by atoms with Crippen LogP contribution in [0.25, 0.3) is 11.5 Å². The topological polar surface area (TPSA) is 71.3 Å². The van der Waals surface area contributed by atoms with Crippen LogP contribution in [0.2, 0.25) is 0 Å². The highest BCUT2D eigenvalue weighted by Gasteiger charge is 2.41. The van der Waals surface area contributed by atoms with Gasteiger partial charge in [0.2, 0.25) is 5.91 Å². The number of fused-ring (bicyclic) bond motifs is 3. The molecule has 0 radical (unpaired) electrons. The standard InChI is InChI=1S/C23H32N4O2/c1-4-16(5-2)23(28)24-13-18-11-17-8-9-27(18)14-19(17)20-12-21(26-15(3)25-20)22-7-6-10-29-22/h6-7,10,12,16-19H,4-5,8-9,11,13-14H2,1-3H3,(H,24,28)/t17-,18+,19-/m0/s1. The third-order valence-corrected chi connectivity index (χ3v) is 6.76. The summed E-state index contributed by atoms with van der Waals surface area (Å²) in [6, 6.07) is 6.38. The van der Waals surface area contributed by atoms with Crippen LogP contribution in [0.15, 0.2) is 28.9 Å². The maximum absolute atomic E-state index is 12.4. The van der Waals surface area contributed by atoms with Gasteiger partial charge in [0.15, 0.2) is 5.76 Å². The molecule has 0 spiro atoms. The Morgan fingerprint density at radius 1 is 1.34 bits per heavy atom. The maximum Gasteiger partial charge on any atom is 0.223 e. The van der Waals surface area contributed by atoms with Gasteiger partial charge in [0, 0.05) is 36.7 Å². The molecule has 2 aromatic rings. The van der Waals surface area contributed by atoms with Gasteiger partial charge in [-0.25, -0.2) is 9.97 Å². The first-order valence-corrected chi connectivity index (χ1v) is 11.0. The van der Waals surface area contributed by atoms with Crippen molar-refractivity contribution in [3.63, 3.8) is 0 Å². The summed E-state index contributed by atoms with van der Waals surface area (Å²) >= 11 is 0. The number of carbonyl (C=O) groups excluding carboxylic acids is 1. The van der Waals surface area contributed by atoms with Crippen LogP contribution in [-0.2, 0) is 4.79 Å². The number of rotatable bonds is 7. The molecule has 3 aliphatic rings. The summed E-state index contributed by atoms with van der Waals surface area (Å²) in [6.45, 7) is 9.01. The van der Waals surface area contributed by atoms with Crippen molar-refractivity contribution in [2.45, 2.75) is 58.4 Å². The Labute approximate surface area is 173 Å². The van der Waals surface area contributed by atoms with E-state index in [0.717, 1.165) is 61.9 Å². The fourth-order valence-corrected chi connectivity index (χ4v) is 5.04. The van der Waals surface area contributed by atoms with Crippen LogP contribution in [0.5, 0.6) is 0 Å². The van der Waals surface area contributed by atoms with Crippen LogP contribution in [0, 0.1) is 18.8 Å². The minimum atomic E-state index is 0.141. The van der Waals surface area contributed by atoms with Crippen LogP contribution in [-0.4, -0.2) is 46.5 Å². The van der Waals surface area contributed by atoms with Gasteiger partial charge in [0.05, 0.1) is 6.26 Å². The molecule has 0 aromatic carbocycles. The lowest BCUT2D eigenvalue weighted by molar-refractivity contribution is -0.125. The SMILES string of the molecule is CCC(CC)C(=O)NC[C@H]1C[C@@H]2CCN1C[C@@H]2c1cc(-c2ccco2)nc(C)n1. The van der Waals surface area contributed by atoms with Gasteiger partial charge in [-0.1, -0.05) is 13.8 Å². The van der Waals surface area contributed by atoms with E-state index in [0.29, 0.717) is 17.9 Å². The molecule has 2 aromatic heterocycles. The number of nitrogens with one attached hydrogen (secondary N) is 1. The van der Waals surface area contributed by atoms with Gasteiger partial charge < -0.3 is 9.73 Å².